The molecule has 0 aliphatic rings. The molecule has 0 aliphatic carbocycles. The van der Waals surface area contributed by atoms with Crippen LogP contribution in [0.2, 0.25) is 0 Å². The van der Waals surface area contributed by atoms with Gasteiger partial charge in [-0.25, -0.2) is 4.39 Å². The minimum Gasteiger partial charge on any atom is -0.310 e. The van der Waals surface area contributed by atoms with E-state index in [1.165, 1.54) is 6.92 Å². The van der Waals surface area contributed by atoms with Crippen LogP contribution < -0.4 is 5.32 Å². The second-order valence-corrected chi connectivity index (χ2v) is 4.13. The summed E-state index contributed by atoms with van der Waals surface area (Å²) in [5.74, 6) is -0.675. The lowest BCUT2D eigenvalue weighted by atomic mass is 10.1. The van der Waals surface area contributed by atoms with Gasteiger partial charge in [0, 0.05) is 24.2 Å². The number of alkyl halides is 3. The monoisotopic (exact) mass is 280 g/mol. The Morgan fingerprint density at radius 2 is 2.05 bits per heavy atom. The fourth-order valence-electron chi connectivity index (χ4n) is 1.58. The zero-order valence-electron chi connectivity index (χ0n) is 10.00. The summed E-state index contributed by atoms with van der Waals surface area (Å²) in [5.41, 5.74) is -0.313. The molecule has 4 nitrogen and oxygen atoms in total. The molecule has 19 heavy (non-hydrogen) atoms. The number of benzene rings is 1. The maximum absolute atomic E-state index is 13.0. The standard InChI is InChI=1S/C11H12F4N2O2/c1-7(5-11(13,14)15)16-6-8-4-9(12)2-3-10(8)17(18)19/h2-4,7,16H,5-6H2,1H3. The summed E-state index contributed by atoms with van der Waals surface area (Å²) < 4.78 is 49.3. The van der Waals surface area contributed by atoms with Gasteiger partial charge in [-0.1, -0.05) is 0 Å². The van der Waals surface area contributed by atoms with Crippen molar-refractivity contribution in [2.45, 2.75) is 32.1 Å². The number of nitro groups is 1. The van der Waals surface area contributed by atoms with E-state index in [4.69, 9.17) is 0 Å². The largest absolute Gasteiger partial charge is 0.390 e. The van der Waals surface area contributed by atoms with Crippen LogP contribution in [0, 0.1) is 15.9 Å². The van der Waals surface area contributed by atoms with Crippen molar-refractivity contribution in [1.29, 1.82) is 0 Å². The smallest absolute Gasteiger partial charge is 0.310 e. The third-order valence-electron chi connectivity index (χ3n) is 2.42. The van der Waals surface area contributed by atoms with Crippen LogP contribution in [0.4, 0.5) is 23.2 Å². The van der Waals surface area contributed by atoms with E-state index in [2.05, 4.69) is 5.32 Å². The number of hydrogen-bond donors (Lipinski definition) is 1. The third-order valence-corrected chi connectivity index (χ3v) is 2.42. The maximum Gasteiger partial charge on any atom is 0.390 e. The lowest BCUT2D eigenvalue weighted by Gasteiger charge is -2.15. The van der Waals surface area contributed by atoms with Gasteiger partial charge in [0.15, 0.2) is 0 Å². The van der Waals surface area contributed by atoms with Crippen LogP contribution in [0.5, 0.6) is 0 Å². The zero-order chi connectivity index (χ0) is 14.6. The normalized spacial score (nSPS) is 13.3. The highest BCUT2D eigenvalue weighted by molar-refractivity contribution is 5.40. The van der Waals surface area contributed by atoms with Gasteiger partial charge in [-0.2, -0.15) is 13.2 Å². The Kier molecular flexibility index (Phi) is 4.82. The molecule has 1 N–H and O–H groups in total. The van der Waals surface area contributed by atoms with E-state index >= 15 is 0 Å². The van der Waals surface area contributed by atoms with Gasteiger partial charge in [0.05, 0.1) is 11.3 Å². The maximum atomic E-state index is 13.0. The van der Waals surface area contributed by atoms with Gasteiger partial charge in [0.1, 0.15) is 5.82 Å². The minimum absolute atomic E-state index is 0.0130. The van der Waals surface area contributed by atoms with Crippen molar-refractivity contribution in [3.05, 3.63) is 39.7 Å². The number of hydrogen-bond acceptors (Lipinski definition) is 3. The second-order valence-electron chi connectivity index (χ2n) is 4.13. The molecule has 0 saturated carbocycles. The third kappa shape index (κ3) is 5.21. The number of nitrogens with one attached hydrogen (secondary N) is 1. The molecule has 1 unspecified atom stereocenters. The Bertz CT molecular complexity index is 462. The van der Waals surface area contributed by atoms with E-state index in [9.17, 15) is 27.7 Å². The summed E-state index contributed by atoms with van der Waals surface area (Å²) >= 11 is 0. The van der Waals surface area contributed by atoms with Crippen LogP contribution in [-0.4, -0.2) is 17.1 Å². The summed E-state index contributed by atoms with van der Waals surface area (Å²) in [4.78, 5) is 9.98. The number of nitro benzene ring substituents is 1. The molecule has 0 amide bonds. The topological polar surface area (TPSA) is 55.2 Å². The lowest BCUT2D eigenvalue weighted by Crippen LogP contribution is -2.30. The number of rotatable bonds is 5. The molecule has 1 atom stereocenters. The molecular weight excluding hydrogens is 268 g/mol. The van der Waals surface area contributed by atoms with Gasteiger partial charge in [0.2, 0.25) is 0 Å². The van der Waals surface area contributed by atoms with Crippen molar-refractivity contribution in [2.24, 2.45) is 0 Å². The fourth-order valence-corrected chi connectivity index (χ4v) is 1.58. The van der Waals surface area contributed by atoms with Crippen LogP contribution in [0.25, 0.3) is 0 Å². The molecule has 0 aromatic heterocycles. The van der Waals surface area contributed by atoms with Crippen LogP contribution >= 0.6 is 0 Å². The summed E-state index contributed by atoms with van der Waals surface area (Å²) in [6.07, 6.45) is -5.38. The Balaban J connectivity index is 2.72. The van der Waals surface area contributed by atoms with Gasteiger partial charge >= 0.3 is 6.18 Å². The lowest BCUT2D eigenvalue weighted by molar-refractivity contribution is -0.385. The highest BCUT2D eigenvalue weighted by Crippen LogP contribution is 2.23. The Morgan fingerprint density at radius 3 is 2.58 bits per heavy atom. The highest BCUT2D eigenvalue weighted by atomic mass is 19.4. The quantitative estimate of drug-likeness (QED) is 0.512. The number of halogens is 4. The first-order valence-corrected chi connectivity index (χ1v) is 5.42. The first kappa shape index (κ1) is 15.4. The molecule has 0 fully saturated rings. The molecule has 0 spiro atoms. The van der Waals surface area contributed by atoms with E-state index in [1.807, 2.05) is 0 Å². The van der Waals surface area contributed by atoms with Gasteiger partial charge in [-0.3, -0.25) is 10.1 Å². The molecule has 0 bridgehead atoms. The Hall–Kier alpha value is -1.70. The summed E-state index contributed by atoms with van der Waals surface area (Å²) in [5, 5.41) is 13.2. The average molecular weight is 280 g/mol. The Labute approximate surface area is 106 Å². The van der Waals surface area contributed by atoms with E-state index in [0.717, 1.165) is 18.2 Å². The van der Waals surface area contributed by atoms with E-state index in [1.54, 1.807) is 0 Å². The van der Waals surface area contributed by atoms with Gasteiger partial charge < -0.3 is 5.32 Å². The van der Waals surface area contributed by atoms with Crippen molar-refractivity contribution >= 4 is 5.69 Å². The van der Waals surface area contributed by atoms with Crippen LogP contribution in [0.3, 0.4) is 0 Å². The fraction of sp³-hybridized carbons (Fsp3) is 0.455. The first-order chi connectivity index (χ1) is 8.69. The summed E-state index contributed by atoms with van der Waals surface area (Å²) in [6, 6.07) is 1.94. The molecule has 106 valence electrons. The zero-order valence-corrected chi connectivity index (χ0v) is 10.00. The van der Waals surface area contributed by atoms with Gasteiger partial charge in [-0.15, -0.1) is 0 Å². The molecular formula is C11H12F4N2O2. The molecule has 0 aliphatic heterocycles. The van der Waals surface area contributed by atoms with Crippen molar-refractivity contribution in [3.8, 4) is 0 Å². The molecule has 1 aromatic rings. The average Bonchev–Trinajstić information content (AvgIpc) is 2.23. The van der Waals surface area contributed by atoms with Gasteiger partial charge in [0.25, 0.3) is 5.69 Å². The molecule has 0 heterocycles. The molecule has 1 aromatic carbocycles. The SMILES string of the molecule is CC(CC(F)(F)F)NCc1cc(F)ccc1[N+](=O)[O-]. The molecule has 0 radical (unpaired) electrons. The summed E-state index contributed by atoms with van der Waals surface area (Å²) in [7, 11) is 0. The van der Waals surface area contributed by atoms with Crippen LogP contribution in [-0.2, 0) is 6.54 Å². The molecule has 8 heteroatoms. The first-order valence-electron chi connectivity index (χ1n) is 5.42. The van der Waals surface area contributed by atoms with E-state index in [-0.39, 0.29) is 17.8 Å². The predicted molar refractivity (Wildman–Crippen MR) is 60.0 cm³/mol. The van der Waals surface area contributed by atoms with Crippen molar-refractivity contribution < 1.29 is 22.5 Å². The van der Waals surface area contributed by atoms with Gasteiger partial charge in [-0.05, 0) is 19.1 Å². The van der Waals surface area contributed by atoms with E-state index < -0.39 is 29.4 Å². The highest BCUT2D eigenvalue weighted by Gasteiger charge is 2.30. The van der Waals surface area contributed by atoms with Crippen LogP contribution in [0.15, 0.2) is 18.2 Å². The van der Waals surface area contributed by atoms with Crippen molar-refractivity contribution in [3.63, 3.8) is 0 Å². The minimum atomic E-state index is -4.32. The molecule has 0 saturated heterocycles. The molecule has 1 rings (SSSR count). The Morgan fingerprint density at radius 1 is 1.42 bits per heavy atom. The van der Waals surface area contributed by atoms with Crippen molar-refractivity contribution in [2.75, 3.05) is 0 Å². The summed E-state index contributed by atoms with van der Waals surface area (Å²) in [6.45, 7) is 1.10. The van der Waals surface area contributed by atoms with E-state index in [0.29, 0.717) is 0 Å². The second kappa shape index (κ2) is 5.96. The van der Waals surface area contributed by atoms with Crippen molar-refractivity contribution in [1.82, 2.24) is 5.32 Å². The predicted octanol–water partition coefficient (Wildman–Crippen LogP) is 3.16. The van der Waals surface area contributed by atoms with Crippen LogP contribution in [0.1, 0.15) is 18.9 Å². The number of nitrogens with zero attached hydrogens (tertiary/aromatic N) is 1.